The number of carbonyl (C=O) groups is 2. The molecule has 2 aromatic carbocycles. The van der Waals surface area contributed by atoms with Gasteiger partial charge in [0.15, 0.2) is 0 Å². The fourth-order valence-corrected chi connectivity index (χ4v) is 3.92. The van der Waals surface area contributed by atoms with Crippen molar-refractivity contribution < 1.29 is 14.5 Å². The number of hydrogen-bond acceptors (Lipinski definition) is 4. The number of benzene rings is 2. The molecule has 2 heterocycles. The van der Waals surface area contributed by atoms with Crippen LogP contribution >= 0.6 is 0 Å². The van der Waals surface area contributed by atoms with E-state index >= 15 is 0 Å². The lowest BCUT2D eigenvalue weighted by Crippen LogP contribution is -2.30. The average Bonchev–Trinajstić information content (AvgIpc) is 3.17. The van der Waals surface area contributed by atoms with E-state index in [1.807, 2.05) is 55.7 Å². The minimum Gasteiger partial charge on any atom is -0.318 e. The Labute approximate surface area is 184 Å². The Morgan fingerprint density at radius 2 is 1.75 bits per heavy atom. The van der Waals surface area contributed by atoms with Gasteiger partial charge in [0.25, 0.3) is 11.6 Å². The minimum absolute atomic E-state index is 0.0199. The van der Waals surface area contributed by atoms with Gasteiger partial charge in [0, 0.05) is 29.2 Å². The van der Waals surface area contributed by atoms with Gasteiger partial charge in [-0.2, -0.15) is 0 Å². The summed E-state index contributed by atoms with van der Waals surface area (Å²) in [7, 11) is 0. The Hall–Kier alpha value is -4.20. The SMILES string of the molecule is Cc1cccc(CN2C(=O)N/C(=C\c3cc(C)n(-c4ccc([N+](=O)[O-])cc4)c3C)C2=O)c1. The molecule has 0 saturated carbocycles. The molecule has 1 aliphatic rings. The quantitative estimate of drug-likeness (QED) is 0.281. The molecule has 162 valence electrons. The molecule has 0 spiro atoms. The van der Waals surface area contributed by atoms with Crippen molar-refractivity contribution in [3.8, 4) is 5.69 Å². The van der Waals surface area contributed by atoms with Gasteiger partial charge in [0.05, 0.1) is 11.5 Å². The van der Waals surface area contributed by atoms with Crippen molar-refractivity contribution in [2.75, 3.05) is 0 Å². The summed E-state index contributed by atoms with van der Waals surface area (Å²) in [5.41, 5.74) is 5.48. The summed E-state index contributed by atoms with van der Waals surface area (Å²) >= 11 is 0. The highest BCUT2D eigenvalue weighted by atomic mass is 16.6. The van der Waals surface area contributed by atoms with Crippen LogP contribution in [0, 0.1) is 30.9 Å². The molecular weight excluding hydrogens is 408 g/mol. The van der Waals surface area contributed by atoms with E-state index in [0.717, 1.165) is 33.8 Å². The maximum Gasteiger partial charge on any atom is 0.329 e. The van der Waals surface area contributed by atoms with E-state index in [4.69, 9.17) is 0 Å². The summed E-state index contributed by atoms with van der Waals surface area (Å²) in [6.45, 7) is 5.97. The molecule has 1 saturated heterocycles. The van der Waals surface area contributed by atoms with Crippen molar-refractivity contribution in [3.63, 3.8) is 0 Å². The molecule has 0 radical (unpaired) electrons. The zero-order chi connectivity index (χ0) is 23.0. The Balaban J connectivity index is 1.61. The highest BCUT2D eigenvalue weighted by Crippen LogP contribution is 2.25. The van der Waals surface area contributed by atoms with Crippen molar-refractivity contribution in [2.24, 2.45) is 0 Å². The number of non-ortho nitro benzene ring substituents is 1. The molecule has 8 nitrogen and oxygen atoms in total. The topological polar surface area (TPSA) is 97.5 Å². The van der Waals surface area contributed by atoms with Gasteiger partial charge >= 0.3 is 6.03 Å². The second-order valence-corrected chi connectivity index (χ2v) is 7.80. The first-order chi connectivity index (χ1) is 15.2. The molecule has 3 amide bonds. The van der Waals surface area contributed by atoms with Crippen LogP contribution in [0.2, 0.25) is 0 Å². The standard InChI is InChI=1S/C24H22N4O4/c1-15-5-4-6-18(11-15)14-26-23(29)22(25-24(26)30)13-19-12-16(2)27(17(19)3)20-7-9-21(10-8-20)28(31)32/h4-13H,14H2,1-3H3,(H,25,30)/b22-13-. The first-order valence-corrected chi connectivity index (χ1v) is 10.1. The van der Waals surface area contributed by atoms with Crippen LogP contribution in [0.25, 0.3) is 11.8 Å². The summed E-state index contributed by atoms with van der Waals surface area (Å²) in [4.78, 5) is 37.0. The lowest BCUT2D eigenvalue weighted by Gasteiger charge is -2.12. The zero-order valence-corrected chi connectivity index (χ0v) is 18.0. The van der Waals surface area contributed by atoms with Gasteiger partial charge in [-0.3, -0.25) is 19.8 Å². The Morgan fingerprint density at radius 3 is 2.41 bits per heavy atom. The van der Waals surface area contributed by atoms with Gasteiger partial charge in [-0.25, -0.2) is 4.79 Å². The molecule has 3 aromatic rings. The number of nitrogens with one attached hydrogen (secondary N) is 1. The highest BCUT2D eigenvalue weighted by Gasteiger charge is 2.33. The molecular formula is C24H22N4O4. The van der Waals surface area contributed by atoms with Crippen molar-refractivity contribution in [1.82, 2.24) is 14.8 Å². The van der Waals surface area contributed by atoms with Crippen molar-refractivity contribution in [1.29, 1.82) is 0 Å². The van der Waals surface area contributed by atoms with Gasteiger partial charge < -0.3 is 9.88 Å². The lowest BCUT2D eigenvalue weighted by molar-refractivity contribution is -0.384. The van der Waals surface area contributed by atoms with Gasteiger partial charge in [-0.05, 0) is 56.2 Å². The molecule has 1 aliphatic heterocycles. The minimum atomic E-state index is -0.452. The van der Waals surface area contributed by atoms with Gasteiger partial charge in [0.1, 0.15) is 5.70 Å². The zero-order valence-electron chi connectivity index (χ0n) is 18.0. The van der Waals surface area contributed by atoms with Crippen LogP contribution in [0.3, 0.4) is 0 Å². The smallest absolute Gasteiger partial charge is 0.318 e. The van der Waals surface area contributed by atoms with E-state index < -0.39 is 11.0 Å². The number of aromatic nitrogens is 1. The first-order valence-electron chi connectivity index (χ1n) is 10.1. The molecule has 1 fully saturated rings. The number of nitro groups is 1. The number of aryl methyl sites for hydroxylation is 2. The number of nitrogens with zero attached hydrogens (tertiary/aromatic N) is 3. The summed E-state index contributed by atoms with van der Waals surface area (Å²) in [6, 6.07) is 15.4. The third-order valence-electron chi connectivity index (χ3n) is 5.47. The molecule has 0 bridgehead atoms. The summed E-state index contributed by atoms with van der Waals surface area (Å²) in [5, 5.41) is 13.6. The van der Waals surface area contributed by atoms with Crippen LogP contribution in [0.4, 0.5) is 10.5 Å². The van der Waals surface area contributed by atoms with Crippen LogP contribution in [0.5, 0.6) is 0 Å². The normalized spacial score (nSPS) is 14.8. The molecule has 1 aromatic heterocycles. The second-order valence-electron chi connectivity index (χ2n) is 7.80. The Kier molecular flexibility index (Phi) is 5.36. The third kappa shape index (κ3) is 3.90. The van der Waals surface area contributed by atoms with E-state index in [2.05, 4.69) is 5.32 Å². The molecule has 1 N–H and O–H groups in total. The number of carbonyl (C=O) groups excluding carboxylic acids is 2. The molecule has 4 rings (SSSR count). The maximum atomic E-state index is 12.9. The fraction of sp³-hybridized carbons (Fsp3) is 0.167. The predicted octanol–water partition coefficient (Wildman–Crippen LogP) is 4.40. The highest BCUT2D eigenvalue weighted by molar-refractivity contribution is 6.14. The Morgan fingerprint density at radius 1 is 1.03 bits per heavy atom. The monoisotopic (exact) mass is 430 g/mol. The van der Waals surface area contributed by atoms with Crippen LogP contribution in [0.15, 0.2) is 60.3 Å². The van der Waals surface area contributed by atoms with Gasteiger partial charge in [0.2, 0.25) is 0 Å². The van der Waals surface area contributed by atoms with E-state index in [1.165, 1.54) is 17.0 Å². The first kappa shape index (κ1) is 21.0. The number of imide groups is 1. The third-order valence-corrected chi connectivity index (χ3v) is 5.47. The van der Waals surface area contributed by atoms with Crippen molar-refractivity contribution in [2.45, 2.75) is 27.3 Å². The number of rotatable bonds is 5. The summed E-state index contributed by atoms with van der Waals surface area (Å²) in [5.74, 6) is -0.378. The Bertz CT molecular complexity index is 1270. The molecule has 32 heavy (non-hydrogen) atoms. The van der Waals surface area contributed by atoms with E-state index in [0.29, 0.717) is 0 Å². The van der Waals surface area contributed by atoms with E-state index in [9.17, 15) is 19.7 Å². The second kappa shape index (κ2) is 8.14. The summed E-state index contributed by atoms with van der Waals surface area (Å²) < 4.78 is 1.95. The molecule has 0 atom stereocenters. The largest absolute Gasteiger partial charge is 0.329 e. The molecule has 8 heteroatoms. The van der Waals surface area contributed by atoms with Crippen molar-refractivity contribution >= 4 is 23.7 Å². The van der Waals surface area contributed by atoms with Crippen LogP contribution in [-0.4, -0.2) is 26.3 Å². The maximum absolute atomic E-state index is 12.9. The van der Waals surface area contributed by atoms with Crippen LogP contribution in [-0.2, 0) is 11.3 Å². The van der Waals surface area contributed by atoms with Crippen LogP contribution < -0.4 is 5.32 Å². The number of nitro benzene ring substituents is 1. The average molecular weight is 430 g/mol. The fourth-order valence-electron chi connectivity index (χ4n) is 3.92. The molecule has 0 unspecified atom stereocenters. The summed E-state index contributed by atoms with van der Waals surface area (Å²) in [6.07, 6.45) is 1.67. The van der Waals surface area contributed by atoms with Crippen molar-refractivity contribution in [3.05, 3.63) is 98.5 Å². The van der Waals surface area contributed by atoms with Gasteiger partial charge in [-0.1, -0.05) is 29.8 Å². The van der Waals surface area contributed by atoms with Crippen LogP contribution in [0.1, 0.15) is 28.1 Å². The number of urea groups is 1. The predicted molar refractivity (Wildman–Crippen MR) is 120 cm³/mol. The lowest BCUT2D eigenvalue weighted by atomic mass is 10.1. The molecule has 0 aliphatic carbocycles. The number of amides is 3. The van der Waals surface area contributed by atoms with E-state index in [1.54, 1.807) is 18.2 Å². The number of hydrogen-bond donors (Lipinski definition) is 1. The van der Waals surface area contributed by atoms with Gasteiger partial charge in [-0.15, -0.1) is 0 Å². The van der Waals surface area contributed by atoms with E-state index in [-0.39, 0.29) is 23.8 Å².